The molecule has 0 radical (unpaired) electrons. The summed E-state index contributed by atoms with van der Waals surface area (Å²) in [5, 5.41) is 6.60. The zero-order valence-electron chi connectivity index (χ0n) is 8.50. The third-order valence-electron chi connectivity index (χ3n) is 2.25. The van der Waals surface area contributed by atoms with Crippen LogP contribution in [0.4, 0.5) is 8.78 Å². The van der Waals surface area contributed by atoms with E-state index in [0.717, 1.165) is 12.1 Å². The van der Waals surface area contributed by atoms with E-state index in [9.17, 15) is 8.78 Å². The lowest BCUT2D eigenvalue weighted by molar-refractivity contribution is 0.509. The van der Waals surface area contributed by atoms with E-state index in [-0.39, 0.29) is 0 Å². The van der Waals surface area contributed by atoms with Crippen molar-refractivity contribution in [3.63, 3.8) is 0 Å². The minimum absolute atomic E-state index is 0.460. The Labute approximate surface area is 95.7 Å². The number of nitrogens with one attached hydrogen (secondary N) is 1. The number of benzene rings is 1. The summed E-state index contributed by atoms with van der Waals surface area (Å²) in [6.45, 7) is 2.51. The maximum Gasteiger partial charge on any atom is 0.195 e. The molecule has 84 valence electrons. The highest BCUT2D eigenvalue weighted by Crippen LogP contribution is 2.19. The first-order valence-corrected chi connectivity index (χ1v) is 5.15. The molecule has 2 aromatic rings. The molecular formula is C10H9F2N3S. The fourth-order valence-electron chi connectivity index (χ4n) is 1.47. The fraction of sp³-hybridized carbons (Fsp3) is 0.200. The van der Waals surface area contributed by atoms with Gasteiger partial charge in [0.2, 0.25) is 0 Å². The maximum atomic E-state index is 13.1. The molecule has 1 aromatic heterocycles. The summed E-state index contributed by atoms with van der Waals surface area (Å²) in [6, 6.07) is 3.64. The molecule has 0 atom stereocenters. The van der Waals surface area contributed by atoms with Gasteiger partial charge in [-0.15, -0.1) is 0 Å². The minimum atomic E-state index is -0.894. The average Bonchev–Trinajstić information content (AvgIpc) is 2.63. The predicted molar refractivity (Wildman–Crippen MR) is 58.4 cm³/mol. The van der Waals surface area contributed by atoms with Crippen LogP contribution < -0.4 is 0 Å². The monoisotopic (exact) mass is 241 g/mol. The lowest BCUT2D eigenvalue weighted by atomic mass is 10.2. The Hall–Kier alpha value is -1.56. The number of rotatable bonds is 2. The van der Waals surface area contributed by atoms with Gasteiger partial charge in [-0.25, -0.2) is 8.78 Å². The maximum absolute atomic E-state index is 13.1. The van der Waals surface area contributed by atoms with Crippen LogP contribution in [0.15, 0.2) is 18.2 Å². The van der Waals surface area contributed by atoms with Gasteiger partial charge in [-0.1, -0.05) is 0 Å². The normalized spacial score (nSPS) is 10.7. The van der Waals surface area contributed by atoms with Crippen molar-refractivity contribution >= 4 is 12.2 Å². The topological polar surface area (TPSA) is 33.6 Å². The summed E-state index contributed by atoms with van der Waals surface area (Å²) in [6.07, 6.45) is 0. The van der Waals surface area contributed by atoms with Crippen molar-refractivity contribution in [2.75, 3.05) is 0 Å². The first kappa shape index (κ1) is 10.9. The van der Waals surface area contributed by atoms with Crippen LogP contribution in [-0.2, 0) is 6.54 Å². The van der Waals surface area contributed by atoms with Gasteiger partial charge in [0.1, 0.15) is 0 Å². The molecule has 2 rings (SSSR count). The van der Waals surface area contributed by atoms with Crippen molar-refractivity contribution in [1.82, 2.24) is 14.8 Å². The highest BCUT2D eigenvalue weighted by atomic mass is 32.1. The predicted octanol–water partition coefficient (Wildman–Crippen LogP) is 2.91. The molecule has 0 bridgehead atoms. The summed E-state index contributed by atoms with van der Waals surface area (Å²) >= 11 is 5.01. The van der Waals surface area contributed by atoms with Crippen LogP contribution in [0.25, 0.3) is 11.4 Å². The standard InChI is InChI=1S/C10H9F2N3S/c1-2-15-9(13-14-10(15)16)6-3-4-7(11)8(12)5-6/h3-5H,2H2,1H3,(H,14,16). The third kappa shape index (κ3) is 1.76. The molecular weight excluding hydrogens is 232 g/mol. The summed E-state index contributed by atoms with van der Waals surface area (Å²) in [5.41, 5.74) is 0.494. The van der Waals surface area contributed by atoms with E-state index in [2.05, 4.69) is 10.2 Å². The molecule has 0 saturated heterocycles. The number of halogens is 2. The van der Waals surface area contributed by atoms with E-state index in [4.69, 9.17) is 12.2 Å². The van der Waals surface area contributed by atoms with Crippen molar-refractivity contribution in [3.05, 3.63) is 34.6 Å². The summed E-state index contributed by atoms with van der Waals surface area (Å²) < 4.78 is 28.0. The second kappa shape index (κ2) is 4.13. The highest BCUT2D eigenvalue weighted by molar-refractivity contribution is 7.71. The Bertz CT molecular complexity index is 574. The van der Waals surface area contributed by atoms with E-state index < -0.39 is 11.6 Å². The van der Waals surface area contributed by atoms with Gasteiger partial charge in [-0.05, 0) is 37.3 Å². The molecule has 0 aliphatic carbocycles. The Balaban J connectivity index is 2.58. The van der Waals surface area contributed by atoms with E-state index in [1.807, 2.05) is 6.92 Å². The van der Waals surface area contributed by atoms with Crippen LogP contribution >= 0.6 is 12.2 Å². The van der Waals surface area contributed by atoms with Gasteiger partial charge in [0.25, 0.3) is 0 Å². The lowest BCUT2D eigenvalue weighted by Gasteiger charge is -2.03. The largest absolute Gasteiger partial charge is 0.300 e. The van der Waals surface area contributed by atoms with Gasteiger partial charge in [-0.3, -0.25) is 5.10 Å². The Morgan fingerprint density at radius 1 is 1.38 bits per heavy atom. The molecule has 0 aliphatic heterocycles. The van der Waals surface area contributed by atoms with E-state index in [1.54, 1.807) is 4.57 Å². The van der Waals surface area contributed by atoms with Gasteiger partial charge in [0, 0.05) is 12.1 Å². The number of H-pyrrole nitrogens is 1. The minimum Gasteiger partial charge on any atom is -0.300 e. The van der Waals surface area contributed by atoms with E-state index in [1.165, 1.54) is 6.07 Å². The molecule has 0 fully saturated rings. The Morgan fingerprint density at radius 2 is 2.12 bits per heavy atom. The smallest absolute Gasteiger partial charge is 0.195 e. The number of hydrogen-bond donors (Lipinski definition) is 1. The van der Waals surface area contributed by atoms with Gasteiger partial charge < -0.3 is 4.57 Å². The zero-order valence-corrected chi connectivity index (χ0v) is 9.31. The molecule has 0 aliphatic rings. The first-order valence-electron chi connectivity index (χ1n) is 4.74. The quantitative estimate of drug-likeness (QED) is 0.820. The molecule has 0 unspecified atom stereocenters. The van der Waals surface area contributed by atoms with Crippen LogP contribution in [0.1, 0.15) is 6.92 Å². The van der Waals surface area contributed by atoms with Gasteiger partial charge in [0.15, 0.2) is 22.2 Å². The van der Waals surface area contributed by atoms with Crippen molar-refractivity contribution in [1.29, 1.82) is 0 Å². The molecule has 0 spiro atoms. The molecule has 1 aromatic carbocycles. The van der Waals surface area contributed by atoms with Crippen molar-refractivity contribution in [2.45, 2.75) is 13.5 Å². The van der Waals surface area contributed by atoms with Crippen LogP contribution in [0.2, 0.25) is 0 Å². The Morgan fingerprint density at radius 3 is 2.75 bits per heavy atom. The highest BCUT2D eigenvalue weighted by Gasteiger charge is 2.10. The number of aromatic nitrogens is 3. The van der Waals surface area contributed by atoms with Crippen LogP contribution in [0.3, 0.4) is 0 Å². The van der Waals surface area contributed by atoms with Crippen LogP contribution in [0.5, 0.6) is 0 Å². The molecule has 1 heterocycles. The number of aromatic amines is 1. The van der Waals surface area contributed by atoms with Crippen molar-refractivity contribution in [2.24, 2.45) is 0 Å². The molecule has 6 heteroatoms. The second-order valence-electron chi connectivity index (χ2n) is 3.23. The van der Waals surface area contributed by atoms with Crippen LogP contribution in [-0.4, -0.2) is 14.8 Å². The zero-order chi connectivity index (χ0) is 11.7. The Kier molecular flexibility index (Phi) is 2.82. The fourth-order valence-corrected chi connectivity index (χ4v) is 1.73. The van der Waals surface area contributed by atoms with Crippen molar-refractivity contribution < 1.29 is 8.78 Å². The van der Waals surface area contributed by atoms with Gasteiger partial charge >= 0.3 is 0 Å². The van der Waals surface area contributed by atoms with Crippen LogP contribution in [0, 0.1) is 16.4 Å². The van der Waals surface area contributed by atoms with Gasteiger partial charge in [0.05, 0.1) is 0 Å². The lowest BCUT2D eigenvalue weighted by Crippen LogP contribution is -1.98. The molecule has 16 heavy (non-hydrogen) atoms. The summed E-state index contributed by atoms with van der Waals surface area (Å²) in [5.74, 6) is -1.26. The first-order chi connectivity index (χ1) is 7.63. The van der Waals surface area contributed by atoms with E-state index >= 15 is 0 Å². The summed E-state index contributed by atoms with van der Waals surface area (Å²) in [7, 11) is 0. The molecule has 0 amide bonds. The molecule has 3 nitrogen and oxygen atoms in total. The summed E-state index contributed by atoms with van der Waals surface area (Å²) in [4.78, 5) is 0. The number of hydrogen-bond acceptors (Lipinski definition) is 2. The van der Waals surface area contributed by atoms with E-state index in [0.29, 0.717) is 22.7 Å². The second-order valence-corrected chi connectivity index (χ2v) is 3.61. The third-order valence-corrected chi connectivity index (χ3v) is 2.56. The number of nitrogens with zero attached hydrogens (tertiary/aromatic N) is 2. The molecule has 0 saturated carbocycles. The van der Waals surface area contributed by atoms with Crippen molar-refractivity contribution in [3.8, 4) is 11.4 Å². The average molecular weight is 241 g/mol. The SMILES string of the molecule is CCn1c(-c2ccc(F)c(F)c2)n[nH]c1=S. The molecule has 1 N–H and O–H groups in total. The van der Waals surface area contributed by atoms with Gasteiger partial charge in [-0.2, -0.15) is 5.10 Å².